The van der Waals surface area contributed by atoms with Crippen molar-refractivity contribution in [1.82, 2.24) is 0 Å². The normalized spacial score (nSPS) is 18.4. The number of aliphatic carboxylic acids is 1. The number of carbonyl (C=O) groups is 2. The van der Waals surface area contributed by atoms with Crippen LogP contribution < -0.4 is 5.32 Å². The van der Waals surface area contributed by atoms with Crippen LogP contribution >= 0.6 is 0 Å². The van der Waals surface area contributed by atoms with Crippen molar-refractivity contribution in [3.63, 3.8) is 0 Å². The van der Waals surface area contributed by atoms with E-state index in [0.29, 0.717) is 11.3 Å². The third kappa shape index (κ3) is 1.97. The summed E-state index contributed by atoms with van der Waals surface area (Å²) in [5, 5.41) is 11.6. The lowest BCUT2D eigenvalue weighted by Crippen LogP contribution is -2.27. The van der Waals surface area contributed by atoms with Crippen LogP contribution in [0.4, 0.5) is 5.69 Å². The van der Waals surface area contributed by atoms with Gasteiger partial charge in [0.05, 0.1) is 5.92 Å². The van der Waals surface area contributed by atoms with E-state index in [-0.39, 0.29) is 17.8 Å². The van der Waals surface area contributed by atoms with Crippen molar-refractivity contribution >= 4 is 17.6 Å². The summed E-state index contributed by atoms with van der Waals surface area (Å²) in [6.07, 6.45) is 0.0202. The molecule has 1 unspecified atom stereocenters. The molecule has 15 heavy (non-hydrogen) atoms. The Kier molecular flexibility index (Phi) is 3.06. The van der Waals surface area contributed by atoms with Gasteiger partial charge >= 0.3 is 5.97 Å². The summed E-state index contributed by atoms with van der Waals surface area (Å²) in [4.78, 5) is 22.0. The van der Waals surface area contributed by atoms with Gasteiger partial charge in [-0.1, -0.05) is 18.2 Å². The molecule has 0 aliphatic carbocycles. The standard InChI is InChI=1S/C10H9NO3.H2O/c12-9-5-7(10(13)14)6-3-1-2-4-8(6)11-9;/h1-4,7H,5H2,(H,11,12)(H,13,14);1H2. The number of anilines is 1. The number of nitrogens with one attached hydrogen (secondary N) is 1. The molecule has 2 rings (SSSR count). The first kappa shape index (κ1) is 11.2. The monoisotopic (exact) mass is 209 g/mol. The second-order valence-corrected chi connectivity index (χ2v) is 3.23. The van der Waals surface area contributed by atoms with Crippen LogP contribution in [-0.2, 0) is 9.59 Å². The predicted molar refractivity (Wildman–Crippen MR) is 53.7 cm³/mol. The van der Waals surface area contributed by atoms with Crippen molar-refractivity contribution in [3.8, 4) is 0 Å². The van der Waals surface area contributed by atoms with Crippen LogP contribution in [0.15, 0.2) is 24.3 Å². The molecule has 1 aliphatic heterocycles. The summed E-state index contributed by atoms with van der Waals surface area (Å²) >= 11 is 0. The number of carbonyl (C=O) groups excluding carboxylic acids is 1. The summed E-state index contributed by atoms with van der Waals surface area (Å²) in [6, 6.07) is 6.98. The van der Waals surface area contributed by atoms with Gasteiger partial charge in [0.25, 0.3) is 0 Å². The minimum Gasteiger partial charge on any atom is -0.481 e. The van der Waals surface area contributed by atoms with Crippen molar-refractivity contribution in [3.05, 3.63) is 29.8 Å². The lowest BCUT2D eigenvalue weighted by Gasteiger charge is -2.22. The summed E-state index contributed by atoms with van der Waals surface area (Å²) in [7, 11) is 0. The molecule has 0 fully saturated rings. The van der Waals surface area contributed by atoms with Crippen LogP contribution in [0.3, 0.4) is 0 Å². The number of hydrogen-bond acceptors (Lipinski definition) is 2. The average Bonchev–Trinajstić information content (AvgIpc) is 2.16. The van der Waals surface area contributed by atoms with Gasteiger partial charge in [-0.05, 0) is 11.6 Å². The SMILES string of the molecule is O.O=C1CC(C(=O)O)c2ccccc2N1. The van der Waals surface area contributed by atoms with Gasteiger partial charge in [0, 0.05) is 12.1 Å². The highest BCUT2D eigenvalue weighted by Gasteiger charge is 2.29. The van der Waals surface area contributed by atoms with Gasteiger partial charge in [-0.15, -0.1) is 0 Å². The maximum atomic E-state index is 11.2. The van der Waals surface area contributed by atoms with Gasteiger partial charge in [0.1, 0.15) is 0 Å². The van der Waals surface area contributed by atoms with Gasteiger partial charge in [-0.3, -0.25) is 9.59 Å². The van der Waals surface area contributed by atoms with Gasteiger partial charge in [0.15, 0.2) is 0 Å². The summed E-state index contributed by atoms with van der Waals surface area (Å²) in [6.45, 7) is 0. The number of amides is 1. The molecular formula is C10H11NO4. The Morgan fingerprint density at radius 2 is 2.07 bits per heavy atom. The Morgan fingerprint density at radius 1 is 1.40 bits per heavy atom. The molecule has 0 saturated carbocycles. The second-order valence-electron chi connectivity index (χ2n) is 3.23. The van der Waals surface area contributed by atoms with Crippen LogP contribution in [0, 0.1) is 0 Å². The first-order chi connectivity index (χ1) is 6.68. The third-order valence-electron chi connectivity index (χ3n) is 2.30. The van der Waals surface area contributed by atoms with Crippen molar-refractivity contribution in [2.24, 2.45) is 0 Å². The Morgan fingerprint density at radius 3 is 2.73 bits per heavy atom. The van der Waals surface area contributed by atoms with Gasteiger partial charge in [-0.25, -0.2) is 0 Å². The van der Waals surface area contributed by atoms with Gasteiger partial charge in [0.2, 0.25) is 5.91 Å². The number of para-hydroxylation sites is 1. The highest BCUT2D eigenvalue weighted by atomic mass is 16.4. The molecule has 0 saturated heterocycles. The summed E-state index contributed by atoms with van der Waals surface area (Å²) in [5.41, 5.74) is 1.29. The van der Waals surface area contributed by atoms with E-state index < -0.39 is 11.9 Å². The number of benzene rings is 1. The van der Waals surface area contributed by atoms with Crippen molar-refractivity contribution in [2.75, 3.05) is 5.32 Å². The quantitative estimate of drug-likeness (QED) is 0.699. The zero-order valence-corrected chi connectivity index (χ0v) is 7.86. The van der Waals surface area contributed by atoms with E-state index in [1.54, 1.807) is 24.3 Å². The lowest BCUT2D eigenvalue weighted by molar-refractivity contribution is -0.140. The molecule has 0 radical (unpaired) electrons. The highest BCUT2D eigenvalue weighted by molar-refractivity contribution is 5.99. The molecule has 5 nitrogen and oxygen atoms in total. The Balaban J connectivity index is 0.00000112. The van der Waals surface area contributed by atoms with Crippen LogP contribution in [0.25, 0.3) is 0 Å². The fraction of sp³-hybridized carbons (Fsp3) is 0.200. The molecular weight excluding hydrogens is 198 g/mol. The van der Waals surface area contributed by atoms with Crippen LogP contribution in [0.1, 0.15) is 17.9 Å². The molecule has 0 bridgehead atoms. The van der Waals surface area contributed by atoms with Crippen LogP contribution in [0.2, 0.25) is 0 Å². The van der Waals surface area contributed by atoms with E-state index in [9.17, 15) is 9.59 Å². The molecule has 4 N–H and O–H groups in total. The van der Waals surface area contributed by atoms with E-state index in [1.807, 2.05) is 0 Å². The zero-order chi connectivity index (χ0) is 10.1. The average molecular weight is 209 g/mol. The van der Waals surface area contributed by atoms with Crippen LogP contribution in [0.5, 0.6) is 0 Å². The van der Waals surface area contributed by atoms with E-state index >= 15 is 0 Å². The number of carboxylic acids is 1. The Hall–Kier alpha value is -1.88. The third-order valence-corrected chi connectivity index (χ3v) is 2.30. The molecule has 80 valence electrons. The predicted octanol–water partition coefficient (Wildman–Crippen LogP) is 0.372. The molecule has 1 atom stereocenters. The molecule has 1 aromatic carbocycles. The highest BCUT2D eigenvalue weighted by Crippen LogP contribution is 2.31. The fourth-order valence-corrected chi connectivity index (χ4v) is 1.63. The van der Waals surface area contributed by atoms with Gasteiger partial charge in [-0.2, -0.15) is 0 Å². The molecule has 5 heteroatoms. The minimum atomic E-state index is -0.952. The van der Waals surface area contributed by atoms with E-state index in [0.717, 1.165) is 0 Å². The van der Waals surface area contributed by atoms with E-state index in [2.05, 4.69) is 5.32 Å². The first-order valence-electron chi connectivity index (χ1n) is 4.30. The second kappa shape index (κ2) is 4.10. The molecule has 1 heterocycles. The molecule has 1 aromatic rings. The summed E-state index contributed by atoms with van der Waals surface area (Å²) < 4.78 is 0. The maximum Gasteiger partial charge on any atom is 0.311 e. The topological polar surface area (TPSA) is 97.9 Å². The van der Waals surface area contributed by atoms with Crippen molar-refractivity contribution in [2.45, 2.75) is 12.3 Å². The number of hydrogen-bond donors (Lipinski definition) is 2. The zero-order valence-electron chi connectivity index (χ0n) is 7.86. The largest absolute Gasteiger partial charge is 0.481 e. The van der Waals surface area contributed by atoms with E-state index in [4.69, 9.17) is 5.11 Å². The lowest BCUT2D eigenvalue weighted by atomic mass is 9.91. The molecule has 1 amide bonds. The number of carboxylic acid groups (broad SMARTS) is 1. The molecule has 0 spiro atoms. The van der Waals surface area contributed by atoms with Crippen molar-refractivity contribution < 1.29 is 20.2 Å². The van der Waals surface area contributed by atoms with E-state index in [1.165, 1.54) is 0 Å². The Bertz CT molecular complexity index is 402. The maximum absolute atomic E-state index is 11.2. The Labute approximate surface area is 86.0 Å². The van der Waals surface area contributed by atoms with Crippen molar-refractivity contribution in [1.29, 1.82) is 0 Å². The summed E-state index contributed by atoms with van der Waals surface area (Å²) in [5.74, 6) is -1.90. The van der Waals surface area contributed by atoms with Crippen LogP contribution in [-0.4, -0.2) is 22.5 Å². The first-order valence-corrected chi connectivity index (χ1v) is 4.30. The molecule has 1 aliphatic rings. The number of rotatable bonds is 1. The van der Waals surface area contributed by atoms with Gasteiger partial charge < -0.3 is 15.9 Å². The molecule has 0 aromatic heterocycles. The fourth-order valence-electron chi connectivity index (χ4n) is 1.63. The minimum absolute atomic E-state index is 0. The smallest absolute Gasteiger partial charge is 0.311 e. The number of fused-ring (bicyclic) bond motifs is 1.